The van der Waals surface area contributed by atoms with Crippen molar-refractivity contribution in [1.82, 2.24) is 4.90 Å². The molecule has 0 bridgehead atoms. The number of nitrogens with zero attached hydrogens (tertiary/aromatic N) is 1. The van der Waals surface area contributed by atoms with Crippen molar-refractivity contribution in [2.45, 2.75) is 6.23 Å². The quantitative estimate of drug-likeness (QED) is 0.472. The summed E-state index contributed by atoms with van der Waals surface area (Å²) in [5.74, 6) is 0. The first-order chi connectivity index (χ1) is 3.80. The third kappa shape index (κ3) is 0.993. The van der Waals surface area contributed by atoms with E-state index in [1.165, 1.54) is 6.26 Å². The van der Waals surface area contributed by atoms with E-state index in [4.69, 9.17) is 9.84 Å². The van der Waals surface area contributed by atoms with Crippen molar-refractivity contribution in [1.29, 1.82) is 0 Å². The van der Waals surface area contributed by atoms with Crippen LogP contribution in [0.2, 0.25) is 0 Å². The van der Waals surface area contributed by atoms with Gasteiger partial charge in [0.2, 0.25) is 0 Å². The number of ether oxygens (including phenoxy) is 1. The molecule has 0 saturated heterocycles. The van der Waals surface area contributed by atoms with Crippen LogP contribution >= 0.6 is 0 Å². The molecule has 0 amide bonds. The molecular formula is C5H9NO2. The summed E-state index contributed by atoms with van der Waals surface area (Å²) in [7, 11) is 1.79. The molecule has 1 heterocycles. The average Bonchev–Trinajstić information content (AvgIpc) is 1.77. The van der Waals surface area contributed by atoms with Gasteiger partial charge in [0.25, 0.3) is 0 Å². The van der Waals surface area contributed by atoms with Crippen LogP contribution in [0.15, 0.2) is 12.3 Å². The molecule has 0 aromatic rings. The van der Waals surface area contributed by atoms with Crippen LogP contribution in [0.1, 0.15) is 0 Å². The molecule has 0 aromatic carbocycles. The highest BCUT2D eigenvalue weighted by Gasteiger charge is 2.09. The molecular weight excluding hydrogens is 106 g/mol. The third-order valence-electron chi connectivity index (χ3n) is 1.08. The molecule has 1 rings (SSSR count). The fourth-order valence-electron chi connectivity index (χ4n) is 0.510. The number of hydrogen-bond acceptors (Lipinski definition) is 3. The summed E-state index contributed by atoms with van der Waals surface area (Å²) in [5.41, 5.74) is 0. The van der Waals surface area contributed by atoms with Gasteiger partial charge in [0, 0.05) is 0 Å². The molecule has 0 saturated carbocycles. The summed E-state index contributed by atoms with van der Waals surface area (Å²) >= 11 is 0. The smallest absolute Gasteiger partial charge is 0.143 e. The van der Waals surface area contributed by atoms with Crippen LogP contribution in [0.3, 0.4) is 0 Å². The van der Waals surface area contributed by atoms with E-state index >= 15 is 0 Å². The van der Waals surface area contributed by atoms with Gasteiger partial charge >= 0.3 is 0 Å². The Morgan fingerprint density at radius 3 is 3.00 bits per heavy atom. The summed E-state index contributed by atoms with van der Waals surface area (Å²) in [6.45, 7) is 0.470. The minimum absolute atomic E-state index is 0.469. The molecule has 46 valence electrons. The zero-order chi connectivity index (χ0) is 5.98. The summed E-state index contributed by atoms with van der Waals surface area (Å²) in [6, 6.07) is 0. The molecule has 0 aromatic heterocycles. The molecule has 0 radical (unpaired) electrons. The lowest BCUT2D eigenvalue weighted by Crippen LogP contribution is -2.33. The zero-order valence-corrected chi connectivity index (χ0v) is 4.74. The first-order valence-corrected chi connectivity index (χ1v) is 2.47. The molecule has 0 spiro atoms. The Kier molecular flexibility index (Phi) is 1.50. The molecule has 3 nitrogen and oxygen atoms in total. The van der Waals surface area contributed by atoms with Crippen LogP contribution in [-0.4, -0.2) is 30.0 Å². The fourth-order valence-corrected chi connectivity index (χ4v) is 0.510. The molecule has 1 aliphatic heterocycles. The Bertz CT molecular complexity index is 103. The van der Waals surface area contributed by atoms with E-state index in [9.17, 15) is 0 Å². The number of likely N-dealkylation sites (N-methyl/N-ethyl adjacent to an activating group) is 1. The lowest BCUT2D eigenvalue weighted by molar-refractivity contribution is -0.0236. The maximum atomic E-state index is 8.94. The number of aliphatic hydroxyl groups excluding tert-OH is 1. The van der Waals surface area contributed by atoms with Crippen LogP contribution in [0, 0.1) is 0 Å². The summed E-state index contributed by atoms with van der Waals surface area (Å²) < 4.78 is 4.84. The monoisotopic (exact) mass is 115 g/mol. The van der Waals surface area contributed by atoms with Crippen LogP contribution in [-0.2, 0) is 4.74 Å². The Balaban J connectivity index is 2.47. The summed E-state index contributed by atoms with van der Waals surface area (Å²) in [5, 5.41) is 8.94. The fraction of sp³-hybridized carbons (Fsp3) is 0.600. The van der Waals surface area contributed by atoms with Gasteiger partial charge in [0.05, 0.1) is 6.26 Å². The average molecular weight is 115 g/mol. The second-order valence-corrected chi connectivity index (χ2v) is 1.79. The van der Waals surface area contributed by atoms with Gasteiger partial charge in [-0.05, 0) is 13.1 Å². The Morgan fingerprint density at radius 2 is 2.62 bits per heavy atom. The molecule has 1 N–H and O–H groups in total. The van der Waals surface area contributed by atoms with Crippen molar-refractivity contribution in [2.24, 2.45) is 0 Å². The van der Waals surface area contributed by atoms with Crippen molar-refractivity contribution in [3.05, 3.63) is 12.3 Å². The van der Waals surface area contributed by atoms with E-state index in [-0.39, 0.29) is 0 Å². The first-order valence-electron chi connectivity index (χ1n) is 2.47. The normalized spacial score (nSPS) is 30.0. The van der Waals surface area contributed by atoms with Crippen molar-refractivity contribution >= 4 is 0 Å². The van der Waals surface area contributed by atoms with Gasteiger partial charge in [-0.15, -0.1) is 0 Å². The Hall–Kier alpha value is -0.540. The van der Waals surface area contributed by atoms with Crippen molar-refractivity contribution < 1.29 is 9.84 Å². The second-order valence-electron chi connectivity index (χ2n) is 1.79. The van der Waals surface area contributed by atoms with Gasteiger partial charge in [-0.1, -0.05) is 0 Å². The van der Waals surface area contributed by atoms with Gasteiger partial charge < -0.3 is 9.84 Å². The molecule has 0 aliphatic carbocycles. The summed E-state index contributed by atoms with van der Waals surface area (Å²) in [6.07, 6.45) is 2.62. The maximum absolute atomic E-state index is 8.94. The lowest BCUT2D eigenvalue weighted by Gasteiger charge is -2.23. The van der Waals surface area contributed by atoms with Gasteiger partial charge in [0.1, 0.15) is 13.0 Å². The van der Waals surface area contributed by atoms with Crippen LogP contribution in [0.5, 0.6) is 0 Å². The van der Waals surface area contributed by atoms with Gasteiger partial charge in [0.15, 0.2) is 0 Å². The predicted octanol–water partition coefficient (Wildman–Crippen LogP) is -0.262. The standard InChI is InChI=1S/C5H9NO2/c1-6-4-8-3-2-5(6)7/h2-3,5,7H,4H2,1H3. The first kappa shape index (κ1) is 5.59. The summed E-state index contributed by atoms with van der Waals surface area (Å²) in [4.78, 5) is 1.68. The minimum Gasteiger partial charge on any atom is -0.486 e. The predicted molar refractivity (Wildman–Crippen MR) is 28.9 cm³/mol. The van der Waals surface area contributed by atoms with E-state index in [0.717, 1.165) is 0 Å². The maximum Gasteiger partial charge on any atom is 0.143 e. The highest BCUT2D eigenvalue weighted by molar-refractivity contribution is 4.84. The SMILES string of the molecule is CN1COC=CC1O. The Labute approximate surface area is 48.2 Å². The molecule has 1 atom stereocenters. The minimum atomic E-state index is -0.469. The van der Waals surface area contributed by atoms with E-state index in [2.05, 4.69) is 0 Å². The molecule has 3 heteroatoms. The molecule has 1 unspecified atom stereocenters. The van der Waals surface area contributed by atoms with E-state index < -0.39 is 6.23 Å². The molecule has 0 fully saturated rings. The third-order valence-corrected chi connectivity index (χ3v) is 1.08. The van der Waals surface area contributed by atoms with Crippen molar-refractivity contribution in [2.75, 3.05) is 13.8 Å². The van der Waals surface area contributed by atoms with E-state index in [1.807, 2.05) is 0 Å². The zero-order valence-electron chi connectivity index (χ0n) is 4.74. The highest BCUT2D eigenvalue weighted by Crippen LogP contribution is 1.99. The topological polar surface area (TPSA) is 32.7 Å². The van der Waals surface area contributed by atoms with E-state index in [1.54, 1.807) is 18.0 Å². The van der Waals surface area contributed by atoms with Crippen LogP contribution < -0.4 is 0 Å². The van der Waals surface area contributed by atoms with Gasteiger partial charge in [-0.25, -0.2) is 4.90 Å². The van der Waals surface area contributed by atoms with Gasteiger partial charge in [-0.2, -0.15) is 0 Å². The van der Waals surface area contributed by atoms with E-state index in [0.29, 0.717) is 6.73 Å². The number of rotatable bonds is 0. The highest BCUT2D eigenvalue weighted by atomic mass is 16.5. The van der Waals surface area contributed by atoms with Crippen LogP contribution in [0.4, 0.5) is 0 Å². The molecule has 8 heavy (non-hydrogen) atoms. The second kappa shape index (κ2) is 2.15. The van der Waals surface area contributed by atoms with Gasteiger partial charge in [-0.3, -0.25) is 0 Å². The van der Waals surface area contributed by atoms with Crippen molar-refractivity contribution in [3.63, 3.8) is 0 Å². The van der Waals surface area contributed by atoms with Crippen LogP contribution in [0.25, 0.3) is 0 Å². The lowest BCUT2D eigenvalue weighted by atomic mass is 10.5. The Morgan fingerprint density at radius 1 is 1.88 bits per heavy atom. The number of aliphatic hydroxyl groups is 1. The van der Waals surface area contributed by atoms with Crippen molar-refractivity contribution in [3.8, 4) is 0 Å². The number of hydrogen-bond donors (Lipinski definition) is 1. The molecule has 1 aliphatic rings. The largest absolute Gasteiger partial charge is 0.486 e.